The van der Waals surface area contributed by atoms with Gasteiger partial charge in [-0.05, 0) is 18.6 Å². The summed E-state index contributed by atoms with van der Waals surface area (Å²) in [5.41, 5.74) is 2.57. The quantitative estimate of drug-likeness (QED) is 0.838. The van der Waals surface area contributed by atoms with Crippen molar-refractivity contribution in [3.05, 3.63) is 29.8 Å². The summed E-state index contributed by atoms with van der Waals surface area (Å²) in [4.78, 5) is 13.8. The summed E-state index contributed by atoms with van der Waals surface area (Å²) >= 11 is 0. The number of anilines is 1. The molecule has 1 aromatic carbocycles. The van der Waals surface area contributed by atoms with E-state index in [-0.39, 0.29) is 5.91 Å². The second-order valence-corrected chi connectivity index (χ2v) is 4.50. The summed E-state index contributed by atoms with van der Waals surface area (Å²) in [7, 11) is 0. The van der Waals surface area contributed by atoms with Crippen molar-refractivity contribution in [2.45, 2.75) is 19.9 Å². The Morgan fingerprint density at radius 3 is 3.11 bits per heavy atom. The summed E-state index contributed by atoms with van der Waals surface area (Å²) in [6.07, 6.45) is 0.558. The van der Waals surface area contributed by atoms with Crippen molar-refractivity contribution in [2.75, 3.05) is 31.1 Å². The summed E-state index contributed by atoms with van der Waals surface area (Å²) < 4.78 is 0. The molecule has 0 fully saturated rings. The third kappa shape index (κ3) is 3.23. The molecular formula is C14H21N3O. The first-order valence-corrected chi connectivity index (χ1v) is 6.61. The zero-order valence-corrected chi connectivity index (χ0v) is 10.9. The minimum Gasteiger partial charge on any atom is -0.369 e. The van der Waals surface area contributed by atoms with E-state index in [1.54, 1.807) is 0 Å². The molecule has 1 aliphatic heterocycles. The van der Waals surface area contributed by atoms with E-state index in [9.17, 15) is 4.79 Å². The molecule has 0 unspecified atom stereocenters. The average Bonchev–Trinajstić information content (AvgIpc) is 2.59. The standard InChI is InChI=1S/C14H21N3O/c1-2-16-14(18)7-9-17-10-8-15-11-12-5-3-4-6-13(12)17/h3-6,15H,2,7-11H2,1H3,(H,16,18). The maximum absolute atomic E-state index is 11.5. The van der Waals surface area contributed by atoms with Crippen LogP contribution in [0.15, 0.2) is 24.3 Å². The molecule has 0 radical (unpaired) electrons. The molecule has 0 spiro atoms. The van der Waals surface area contributed by atoms with Crippen LogP contribution in [-0.4, -0.2) is 32.1 Å². The molecule has 1 aromatic rings. The lowest BCUT2D eigenvalue weighted by molar-refractivity contribution is -0.120. The van der Waals surface area contributed by atoms with Gasteiger partial charge in [-0.3, -0.25) is 4.79 Å². The van der Waals surface area contributed by atoms with E-state index < -0.39 is 0 Å². The SMILES string of the molecule is CCNC(=O)CCN1CCNCc2ccccc21. The molecule has 0 saturated heterocycles. The minimum absolute atomic E-state index is 0.132. The molecule has 1 heterocycles. The highest BCUT2D eigenvalue weighted by atomic mass is 16.1. The molecular weight excluding hydrogens is 226 g/mol. The number of hydrogen-bond donors (Lipinski definition) is 2. The smallest absolute Gasteiger partial charge is 0.221 e. The number of para-hydroxylation sites is 1. The Hall–Kier alpha value is -1.55. The van der Waals surface area contributed by atoms with Crippen LogP contribution >= 0.6 is 0 Å². The number of carbonyl (C=O) groups excluding carboxylic acids is 1. The molecule has 0 aromatic heterocycles. The van der Waals surface area contributed by atoms with Gasteiger partial charge in [-0.25, -0.2) is 0 Å². The van der Waals surface area contributed by atoms with Gasteiger partial charge >= 0.3 is 0 Å². The fourth-order valence-electron chi connectivity index (χ4n) is 2.28. The van der Waals surface area contributed by atoms with Gasteiger partial charge < -0.3 is 15.5 Å². The van der Waals surface area contributed by atoms with Crippen LogP contribution in [0.25, 0.3) is 0 Å². The highest BCUT2D eigenvalue weighted by molar-refractivity contribution is 5.76. The molecule has 0 bridgehead atoms. The third-order valence-corrected chi connectivity index (χ3v) is 3.19. The topological polar surface area (TPSA) is 44.4 Å². The van der Waals surface area contributed by atoms with Crippen LogP contribution in [0.2, 0.25) is 0 Å². The molecule has 18 heavy (non-hydrogen) atoms. The van der Waals surface area contributed by atoms with E-state index >= 15 is 0 Å². The predicted molar refractivity (Wildman–Crippen MR) is 73.7 cm³/mol. The van der Waals surface area contributed by atoms with Gasteiger partial charge in [0.25, 0.3) is 0 Å². The second-order valence-electron chi connectivity index (χ2n) is 4.50. The van der Waals surface area contributed by atoms with Gasteiger partial charge in [-0.15, -0.1) is 0 Å². The van der Waals surface area contributed by atoms with Crippen molar-refractivity contribution < 1.29 is 4.79 Å². The molecule has 2 rings (SSSR count). The van der Waals surface area contributed by atoms with E-state index in [0.29, 0.717) is 13.0 Å². The first kappa shape index (κ1) is 12.9. The molecule has 4 heteroatoms. The van der Waals surface area contributed by atoms with Crippen LogP contribution in [0.4, 0.5) is 5.69 Å². The zero-order valence-electron chi connectivity index (χ0n) is 10.9. The number of amides is 1. The van der Waals surface area contributed by atoms with Crippen molar-refractivity contribution in [1.29, 1.82) is 0 Å². The number of carbonyl (C=O) groups is 1. The summed E-state index contributed by atoms with van der Waals surface area (Å²) in [5, 5.41) is 6.25. The first-order valence-electron chi connectivity index (χ1n) is 6.61. The molecule has 1 aliphatic rings. The van der Waals surface area contributed by atoms with E-state index in [1.807, 2.05) is 6.92 Å². The fourth-order valence-corrected chi connectivity index (χ4v) is 2.28. The maximum Gasteiger partial charge on any atom is 0.221 e. The van der Waals surface area contributed by atoms with E-state index in [1.165, 1.54) is 11.3 Å². The Kier molecular flexibility index (Phi) is 4.59. The fraction of sp³-hybridized carbons (Fsp3) is 0.500. The normalized spacial score (nSPS) is 14.8. The number of nitrogens with zero attached hydrogens (tertiary/aromatic N) is 1. The van der Waals surface area contributed by atoms with Gasteiger partial charge in [-0.2, -0.15) is 0 Å². The Bertz CT molecular complexity index is 406. The highest BCUT2D eigenvalue weighted by Gasteiger charge is 2.14. The van der Waals surface area contributed by atoms with Crippen molar-refractivity contribution in [2.24, 2.45) is 0 Å². The van der Waals surface area contributed by atoms with Crippen LogP contribution < -0.4 is 15.5 Å². The van der Waals surface area contributed by atoms with E-state index in [2.05, 4.69) is 39.8 Å². The number of benzene rings is 1. The van der Waals surface area contributed by atoms with Gasteiger partial charge in [0.1, 0.15) is 0 Å². The third-order valence-electron chi connectivity index (χ3n) is 3.19. The van der Waals surface area contributed by atoms with Crippen LogP contribution in [-0.2, 0) is 11.3 Å². The lowest BCUT2D eigenvalue weighted by Crippen LogP contribution is -2.33. The van der Waals surface area contributed by atoms with Gasteiger partial charge in [0.05, 0.1) is 0 Å². The lowest BCUT2D eigenvalue weighted by atomic mass is 10.1. The highest BCUT2D eigenvalue weighted by Crippen LogP contribution is 2.21. The number of hydrogen-bond acceptors (Lipinski definition) is 3. The van der Waals surface area contributed by atoms with Crippen LogP contribution in [0.5, 0.6) is 0 Å². The molecule has 98 valence electrons. The molecule has 0 atom stereocenters. The predicted octanol–water partition coefficient (Wildman–Crippen LogP) is 1.12. The van der Waals surface area contributed by atoms with E-state index in [4.69, 9.17) is 0 Å². The van der Waals surface area contributed by atoms with Crippen molar-refractivity contribution in [3.63, 3.8) is 0 Å². The largest absolute Gasteiger partial charge is 0.369 e. The molecule has 0 aliphatic carbocycles. The van der Waals surface area contributed by atoms with Crippen molar-refractivity contribution in [3.8, 4) is 0 Å². The molecule has 1 amide bonds. The van der Waals surface area contributed by atoms with Crippen molar-refractivity contribution >= 4 is 11.6 Å². The first-order chi connectivity index (χ1) is 8.81. The summed E-state index contributed by atoms with van der Waals surface area (Å²) in [6.45, 7) is 6.26. The Morgan fingerprint density at radius 1 is 1.44 bits per heavy atom. The monoisotopic (exact) mass is 247 g/mol. The number of rotatable bonds is 4. The minimum atomic E-state index is 0.132. The molecule has 4 nitrogen and oxygen atoms in total. The lowest BCUT2D eigenvalue weighted by Gasteiger charge is -2.24. The van der Waals surface area contributed by atoms with Crippen LogP contribution in [0.3, 0.4) is 0 Å². The molecule has 0 saturated carbocycles. The Balaban J connectivity index is 2.02. The number of nitrogens with one attached hydrogen (secondary N) is 2. The van der Waals surface area contributed by atoms with Gasteiger partial charge in [0, 0.05) is 44.8 Å². The Labute approximate surface area is 108 Å². The van der Waals surface area contributed by atoms with Gasteiger partial charge in [0.2, 0.25) is 5.91 Å². The zero-order chi connectivity index (χ0) is 12.8. The van der Waals surface area contributed by atoms with Crippen LogP contribution in [0, 0.1) is 0 Å². The maximum atomic E-state index is 11.5. The second kappa shape index (κ2) is 6.40. The van der Waals surface area contributed by atoms with E-state index in [0.717, 1.165) is 26.2 Å². The number of fused-ring (bicyclic) bond motifs is 1. The molecule has 2 N–H and O–H groups in total. The van der Waals surface area contributed by atoms with Crippen LogP contribution in [0.1, 0.15) is 18.9 Å². The van der Waals surface area contributed by atoms with Gasteiger partial charge in [-0.1, -0.05) is 18.2 Å². The summed E-state index contributed by atoms with van der Waals surface area (Å²) in [5.74, 6) is 0.132. The van der Waals surface area contributed by atoms with Crippen molar-refractivity contribution in [1.82, 2.24) is 10.6 Å². The summed E-state index contributed by atoms with van der Waals surface area (Å²) in [6, 6.07) is 8.41. The average molecular weight is 247 g/mol. The van der Waals surface area contributed by atoms with Gasteiger partial charge in [0.15, 0.2) is 0 Å². The Morgan fingerprint density at radius 2 is 2.28 bits per heavy atom.